The molecule has 3 nitrogen and oxygen atoms in total. The van der Waals surface area contributed by atoms with E-state index in [1.54, 1.807) is 0 Å². The van der Waals surface area contributed by atoms with E-state index >= 15 is 0 Å². The van der Waals surface area contributed by atoms with E-state index in [0.717, 1.165) is 32.6 Å². The highest BCUT2D eigenvalue weighted by Crippen LogP contribution is 2.32. The van der Waals surface area contributed by atoms with Gasteiger partial charge in [0.1, 0.15) is 0 Å². The summed E-state index contributed by atoms with van der Waals surface area (Å²) in [4.78, 5) is 2.30. The minimum Gasteiger partial charge on any atom is -0.349 e. The minimum atomic E-state index is -0.258. The topological polar surface area (TPSA) is 21.7 Å². The molecule has 2 saturated heterocycles. The molecule has 2 aliphatic rings. The van der Waals surface area contributed by atoms with Crippen LogP contribution >= 0.6 is 0 Å². The van der Waals surface area contributed by atoms with E-state index in [9.17, 15) is 0 Å². The summed E-state index contributed by atoms with van der Waals surface area (Å²) < 4.78 is 11.4. The first-order valence-electron chi connectivity index (χ1n) is 4.70. The zero-order valence-electron chi connectivity index (χ0n) is 7.88. The van der Waals surface area contributed by atoms with Crippen molar-refractivity contribution in [3.05, 3.63) is 0 Å². The lowest BCUT2D eigenvalue weighted by atomic mass is 10.1. The lowest BCUT2D eigenvalue weighted by Gasteiger charge is -2.33. The van der Waals surface area contributed by atoms with Gasteiger partial charge in [0.25, 0.3) is 0 Å². The molecule has 0 aliphatic carbocycles. The zero-order chi connectivity index (χ0) is 8.60. The van der Waals surface area contributed by atoms with Crippen LogP contribution in [0.5, 0.6) is 0 Å². The number of hydrogen-bond acceptors (Lipinski definition) is 3. The predicted molar refractivity (Wildman–Crippen MR) is 46.0 cm³/mol. The molecule has 0 aromatic heterocycles. The maximum atomic E-state index is 5.70. The van der Waals surface area contributed by atoms with Gasteiger partial charge in [0.15, 0.2) is 5.79 Å². The van der Waals surface area contributed by atoms with E-state index in [0.29, 0.717) is 6.04 Å². The molecule has 0 radical (unpaired) electrons. The Labute approximate surface area is 73.6 Å². The number of hydrogen-bond donors (Lipinski definition) is 0. The van der Waals surface area contributed by atoms with Crippen molar-refractivity contribution in [2.24, 2.45) is 0 Å². The molecular formula is C9H17NO2. The molecule has 0 aromatic carbocycles. The Morgan fingerprint density at radius 3 is 2.50 bits per heavy atom. The summed E-state index contributed by atoms with van der Waals surface area (Å²) in [5.41, 5.74) is 0. The molecule has 0 amide bonds. The molecule has 0 N–H and O–H groups in total. The van der Waals surface area contributed by atoms with Crippen LogP contribution in [0.2, 0.25) is 0 Å². The van der Waals surface area contributed by atoms with Crippen molar-refractivity contribution in [2.45, 2.75) is 31.6 Å². The van der Waals surface area contributed by atoms with Gasteiger partial charge in [-0.05, 0) is 20.4 Å². The van der Waals surface area contributed by atoms with Gasteiger partial charge >= 0.3 is 0 Å². The minimum absolute atomic E-state index is 0.258. The average Bonchev–Trinajstić information content (AvgIpc) is 2.29. The highest BCUT2D eigenvalue weighted by atomic mass is 16.7. The van der Waals surface area contributed by atoms with E-state index in [1.807, 2.05) is 0 Å². The lowest BCUT2D eigenvalue weighted by Crippen LogP contribution is -2.42. The third-order valence-corrected chi connectivity index (χ3v) is 2.87. The summed E-state index contributed by atoms with van der Waals surface area (Å²) in [5.74, 6) is -0.258. The number of ether oxygens (including phenoxy) is 2. The van der Waals surface area contributed by atoms with Crippen LogP contribution in [0.4, 0.5) is 0 Å². The number of likely N-dealkylation sites (N-methyl/N-ethyl adjacent to an activating group) is 1. The maximum absolute atomic E-state index is 5.70. The molecular weight excluding hydrogens is 154 g/mol. The molecule has 0 saturated carbocycles. The summed E-state index contributed by atoms with van der Waals surface area (Å²) in [6, 6.07) is 0.586. The first-order chi connectivity index (χ1) is 5.72. The van der Waals surface area contributed by atoms with Crippen molar-refractivity contribution in [3.8, 4) is 0 Å². The Balaban J connectivity index is 2.02. The molecule has 1 unspecified atom stereocenters. The molecule has 3 heteroatoms. The van der Waals surface area contributed by atoms with Crippen molar-refractivity contribution in [3.63, 3.8) is 0 Å². The molecule has 70 valence electrons. The van der Waals surface area contributed by atoms with E-state index in [4.69, 9.17) is 9.47 Å². The summed E-state index contributed by atoms with van der Waals surface area (Å²) in [5, 5.41) is 0. The summed E-state index contributed by atoms with van der Waals surface area (Å²) in [6.45, 7) is 4.87. The molecule has 1 spiro atoms. The van der Waals surface area contributed by atoms with Crippen molar-refractivity contribution >= 4 is 0 Å². The van der Waals surface area contributed by atoms with Crippen LogP contribution in [-0.4, -0.2) is 43.5 Å². The Morgan fingerprint density at radius 2 is 2.00 bits per heavy atom. The van der Waals surface area contributed by atoms with Crippen molar-refractivity contribution < 1.29 is 9.47 Å². The monoisotopic (exact) mass is 171 g/mol. The van der Waals surface area contributed by atoms with Crippen LogP contribution in [-0.2, 0) is 9.47 Å². The SMILES string of the molecule is CC1CC2(CN1C)OCCCO2. The zero-order valence-corrected chi connectivity index (χ0v) is 7.88. The summed E-state index contributed by atoms with van der Waals surface area (Å²) in [6.07, 6.45) is 2.06. The average molecular weight is 171 g/mol. The van der Waals surface area contributed by atoms with Crippen molar-refractivity contribution in [1.29, 1.82) is 0 Å². The van der Waals surface area contributed by atoms with Crippen LogP contribution in [0.25, 0.3) is 0 Å². The summed E-state index contributed by atoms with van der Waals surface area (Å²) >= 11 is 0. The highest BCUT2D eigenvalue weighted by Gasteiger charge is 2.43. The lowest BCUT2D eigenvalue weighted by molar-refractivity contribution is -0.257. The molecule has 2 rings (SSSR count). The fourth-order valence-electron chi connectivity index (χ4n) is 2.03. The second-order valence-electron chi connectivity index (χ2n) is 3.93. The van der Waals surface area contributed by atoms with Gasteiger partial charge in [-0.25, -0.2) is 0 Å². The van der Waals surface area contributed by atoms with Gasteiger partial charge in [-0.1, -0.05) is 0 Å². The Morgan fingerprint density at radius 1 is 1.33 bits per heavy atom. The molecule has 2 fully saturated rings. The summed E-state index contributed by atoms with van der Waals surface area (Å²) in [7, 11) is 2.13. The van der Waals surface area contributed by atoms with E-state index in [-0.39, 0.29) is 5.79 Å². The van der Waals surface area contributed by atoms with Gasteiger partial charge < -0.3 is 9.47 Å². The van der Waals surface area contributed by atoms with E-state index < -0.39 is 0 Å². The fraction of sp³-hybridized carbons (Fsp3) is 1.00. The smallest absolute Gasteiger partial charge is 0.182 e. The van der Waals surface area contributed by atoms with Crippen LogP contribution in [0.15, 0.2) is 0 Å². The highest BCUT2D eigenvalue weighted by molar-refractivity contribution is 4.89. The third-order valence-electron chi connectivity index (χ3n) is 2.87. The predicted octanol–water partition coefficient (Wildman–Crippen LogP) is 0.844. The molecule has 2 heterocycles. The molecule has 1 atom stereocenters. The molecule has 12 heavy (non-hydrogen) atoms. The van der Waals surface area contributed by atoms with Gasteiger partial charge in [-0.3, -0.25) is 4.90 Å². The normalized spacial score (nSPS) is 36.0. The second-order valence-corrected chi connectivity index (χ2v) is 3.93. The Hall–Kier alpha value is -0.120. The van der Waals surface area contributed by atoms with E-state index in [2.05, 4.69) is 18.9 Å². The van der Waals surface area contributed by atoms with Gasteiger partial charge in [-0.2, -0.15) is 0 Å². The fourth-order valence-corrected chi connectivity index (χ4v) is 2.03. The molecule has 0 aromatic rings. The Bertz CT molecular complexity index is 154. The van der Waals surface area contributed by atoms with Gasteiger partial charge in [0, 0.05) is 12.5 Å². The van der Waals surface area contributed by atoms with Gasteiger partial charge in [-0.15, -0.1) is 0 Å². The molecule has 0 bridgehead atoms. The standard InChI is InChI=1S/C9H17NO2/c1-8-6-9(7-10(8)2)11-4-3-5-12-9/h8H,3-7H2,1-2H3. The number of nitrogens with zero attached hydrogens (tertiary/aromatic N) is 1. The largest absolute Gasteiger partial charge is 0.349 e. The van der Waals surface area contributed by atoms with Gasteiger partial charge in [0.2, 0.25) is 0 Å². The second kappa shape index (κ2) is 2.98. The Kier molecular flexibility index (Phi) is 2.10. The molecule has 2 aliphatic heterocycles. The quantitative estimate of drug-likeness (QED) is 0.539. The van der Waals surface area contributed by atoms with Crippen molar-refractivity contribution in [1.82, 2.24) is 4.90 Å². The maximum Gasteiger partial charge on any atom is 0.182 e. The first kappa shape index (κ1) is 8.48. The first-order valence-corrected chi connectivity index (χ1v) is 4.70. The van der Waals surface area contributed by atoms with E-state index in [1.165, 1.54) is 0 Å². The van der Waals surface area contributed by atoms with Gasteiger partial charge in [0.05, 0.1) is 19.8 Å². The van der Waals surface area contributed by atoms with Crippen LogP contribution < -0.4 is 0 Å². The van der Waals surface area contributed by atoms with Crippen LogP contribution in [0, 0.1) is 0 Å². The number of rotatable bonds is 0. The van der Waals surface area contributed by atoms with Crippen LogP contribution in [0.3, 0.4) is 0 Å². The number of likely N-dealkylation sites (tertiary alicyclic amines) is 1. The third kappa shape index (κ3) is 1.37. The van der Waals surface area contributed by atoms with Crippen LogP contribution in [0.1, 0.15) is 19.8 Å². The van der Waals surface area contributed by atoms with Crippen molar-refractivity contribution in [2.75, 3.05) is 26.8 Å².